The largest absolute Gasteiger partial charge is 0.494 e. The first-order valence-electron chi connectivity index (χ1n) is 11.1. The average molecular weight is 417 g/mol. The van der Waals surface area contributed by atoms with Gasteiger partial charge in [0, 0.05) is 24.5 Å². The van der Waals surface area contributed by atoms with Gasteiger partial charge in [-0.05, 0) is 105 Å². The Morgan fingerprint density at radius 2 is 1.58 bits per heavy atom. The number of rotatable bonds is 11. The van der Waals surface area contributed by atoms with Crippen LogP contribution in [0.2, 0.25) is 0 Å². The van der Waals surface area contributed by atoms with Gasteiger partial charge in [-0.25, -0.2) is 0 Å². The molecule has 0 saturated heterocycles. The predicted molar refractivity (Wildman–Crippen MR) is 127 cm³/mol. The van der Waals surface area contributed by atoms with Crippen molar-refractivity contribution in [3.63, 3.8) is 0 Å². The summed E-state index contributed by atoms with van der Waals surface area (Å²) in [7, 11) is 0. The fraction of sp³-hybridized carbons (Fsp3) is 0.333. The normalized spacial score (nSPS) is 10.6. The lowest BCUT2D eigenvalue weighted by Crippen LogP contribution is -2.12. The van der Waals surface area contributed by atoms with E-state index in [-0.39, 0.29) is 5.91 Å². The molecule has 4 nitrogen and oxygen atoms in total. The van der Waals surface area contributed by atoms with E-state index >= 15 is 0 Å². The minimum atomic E-state index is 0.0374. The number of nitrogens with one attached hydrogen (secondary N) is 1. The molecule has 1 amide bonds. The molecular formula is C27H32N2O2. The zero-order valence-corrected chi connectivity index (χ0v) is 18.6. The van der Waals surface area contributed by atoms with Crippen LogP contribution in [-0.4, -0.2) is 17.5 Å². The number of pyridine rings is 1. The lowest BCUT2D eigenvalue weighted by Gasteiger charge is -2.09. The molecule has 0 aliphatic heterocycles. The summed E-state index contributed by atoms with van der Waals surface area (Å²) in [6.07, 6.45) is 9.32. The molecule has 0 aliphatic rings. The molecule has 0 spiro atoms. The Morgan fingerprint density at radius 1 is 0.839 bits per heavy atom. The van der Waals surface area contributed by atoms with Crippen molar-refractivity contribution in [2.75, 3.05) is 11.9 Å². The van der Waals surface area contributed by atoms with Gasteiger partial charge in [-0.1, -0.05) is 18.2 Å². The number of carbonyl (C=O) groups is 1. The van der Waals surface area contributed by atoms with Gasteiger partial charge in [0.25, 0.3) is 0 Å². The minimum Gasteiger partial charge on any atom is -0.494 e. The Balaban J connectivity index is 1.31. The third-order valence-corrected chi connectivity index (χ3v) is 5.48. The number of aryl methyl sites for hydroxylation is 4. The first kappa shape index (κ1) is 22.5. The fourth-order valence-corrected chi connectivity index (χ4v) is 3.40. The predicted octanol–water partition coefficient (Wildman–Crippen LogP) is 6.06. The highest BCUT2D eigenvalue weighted by molar-refractivity contribution is 5.90. The zero-order valence-electron chi connectivity index (χ0n) is 18.6. The molecule has 31 heavy (non-hydrogen) atoms. The van der Waals surface area contributed by atoms with Crippen LogP contribution in [0, 0.1) is 13.8 Å². The van der Waals surface area contributed by atoms with E-state index in [0.717, 1.165) is 49.3 Å². The summed E-state index contributed by atoms with van der Waals surface area (Å²) in [4.78, 5) is 16.3. The van der Waals surface area contributed by atoms with Crippen LogP contribution in [0.25, 0.3) is 0 Å². The van der Waals surface area contributed by atoms with E-state index in [1.165, 1.54) is 16.7 Å². The number of hydrogen-bond donors (Lipinski definition) is 1. The van der Waals surface area contributed by atoms with Gasteiger partial charge in [-0.2, -0.15) is 0 Å². The SMILES string of the molecule is Cc1ccc(NC(=O)CCc2ccc(OCCCCCc3ccncc3)cc2)cc1C. The summed E-state index contributed by atoms with van der Waals surface area (Å²) in [6, 6.07) is 18.2. The van der Waals surface area contributed by atoms with Gasteiger partial charge in [0.2, 0.25) is 5.91 Å². The quantitative estimate of drug-likeness (QED) is 0.386. The van der Waals surface area contributed by atoms with E-state index in [0.29, 0.717) is 12.8 Å². The van der Waals surface area contributed by atoms with Crippen LogP contribution < -0.4 is 10.1 Å². The van der Waals surface area contributed by atoms with Gasteiger partial charge in [-0.15, -0.1) is 0 Å². The first-order chi connectivity index (χ1) is 15.1. The lowest BCUT2D eigenvalue weighted by molar-refractivity contribution is -0.116. The molecule has 0 unspecified atom stereocenters. The average Bonchev–Trinajstić information content (AvgIpc) is 2.79. The smallest absolute Gasteiger partial charge is 0.224 e. The Hall–Kier alpha value is -3.14. The third kappa shape index (κ3) is 7.89. The standard InChI is InChI=1S/C27H32N2O2/c1-21-7-11-25(20-22(21)2)29-27(30)14-10-24-8-12-26(13-9-24)31-19-5-3-4-6-23-15-17-28-18-16-23/h7-9,11-13,15-18,20H,3-6,10,14,19H2,1-2H3,(H,29,30). The summed E-state index contributed by atoms with van der Waals surface area (Å²) >= 11 is 0. The van der Waals surface area contributed by atoms with E-state index in [2.05, 4.69) is 36.3 Å². The number of anilines is 1. The Kier molecular flexibility index (Phi) is 8.65. The van der Waals surface area contributed by atoms with Crippen LogP contribution in [0.3, 0.4) is 0 Å². The maximum Gasteiger partial charge on any atom is 0.224 e. The second-order valence-corrected chi connectivity index (χ2v) is 8.01. The molecule has 0 aliphatic carbocycles. The second-order valence-electron chi connectivity index (χ2n) is 8.01. The van der Waals surface area contributed by atoms with Crippen LogP contribution in [-0.2, 0) is 17.6 Å². The maximum atomic E-state index is 12.2. The second kappa shape index (κ2) is 11.9. The topological polar surface area (TPSA) is 51.2 Å². The molecule has 4 heteroatoms. The van der Waals surface area contributed by atoms with Crippen molar-refractivity contribution >= 4 is 11.6 Å². The first-order valence-corrected chi connectivity index (χ1v) is 11.1. The Labute approximate surface area is 185 Å². The van der Waals surface area contributed by atoms with Gasteiger partial charge in [0.05, 0.1) is 6.61 Å². The highest BCUT2D eigenvalue weighted by Gasteiger charge is 2.05. The molecule has 2 aromatic carbocycles. The molecule has 3 rings (SSSR count). The lowest BCUT2D eigenvalue weighted by atomic mass is 10.1. The molecule has 1 aromatic heterocycles. The van der Waals surface area contributed by atoms with Gasteiger partial charge in [0.1, 0.15) is 5.75 Å². The van der Waals surface area contributed by atoms with Gasteiger partial charge in [0.15, 0.2) is 0 Å². The van der Waals surface area contributed by atoms with Crippen molar-refractivity contribution < 1.29 is 9.53 Å². The summed E-state index contributed by atoms with van der Waals surface area (Å²) in [5.41, 5.74) is 5.75. The monoisotopic (exact) mass is 416 g/mol. The van der Waals surface area contributed by atoms with Crippen molar-refractivity contribution in [1.29, 1.82) is 0 Å². The van der Waals surface area contributed by atoms with Gasteiger partial charge >= 0.3 is 0 Å². The zero-order chi connectivity index (χ0) is 21.9. The summed E-state index contributed by atoms with van der Waals surface area (Å²) in [6.45, 7) is 4.85. The number of amides is 1. The number of unbranched alkanes of at least 4 members (excludes halogenated alkanes) is 2. The molecule has 0 saturated carbocycles. The number of hydrogen-bond acceptors (Lipinski definition) is 3. The molecular weight excluding hydrogens is 384 g/mol. The molecule has 0 fully saturated rings. The van der Waals surface area contributed by atoms with Crippen molar-refractivity contribution in [3.05, 3.63) is 89.2 Å². The molecule has 3 aromatic rings. The van der Waals surface area contributed by atoms with Gasteiger partial charge < -0.3 is 10.1 Å². The van der Waals surface area contributed by atoms with Crippen molar-refractivity contribution in [2.45, 2.75) is 52.4 Å². The highest BCUT2D eigenvalue weighted by atomic mass is 16.5. The van der Waals surface area contributed by atoms with Crippen LogP contribution in [0.1, 0.15) is 47.9 Å². The molecule has 1 heterocycles. The fourth-order valence-electron chi connectivity index (χ4n) is 3.40. The molecule has 162 valence electrons. The van der Waals surface area contributed by atoms with E-state index in [1.54, 1.807) is 0 Å². The van der Waals surface area contributed by atoms with Crippen LogP contribution in [0.4, 0.5) is 5.69 Å². The molecule has 1 N–H and O–H groups in total. The number of nitrogens with zero attached hydrogens (tertiary/aromatic N) is 1. The summed E-state index contributed by atoms with van der Waals surface area (Å²) < 4.78 is 5.85. The molecule has 0 radical (unpaired) electrons. The van der Waals surface area contributed by atoms with E-state index < -0.39 is 0 Å². The number of carbonyl (C=O) groups excluding carboxylic acids is 1. The summed E-state index contributed by atoms with van der Waals surface area (Å²) in [5.74, 6) is 0.924. The third-order valence-electron chi connectivity index (χ3n) is 5.48. The Bertz CT molecular complexity index is 953. The summed E-state index contributed by atoms with van der Waals surface area (Å²) in [5, 5.41) is 2.98. The van der Waals surface area contributed by atoms with E-state index in [9.17, 15) is 4.79 Å². The molecule has 0 atom stereocenters. The van der Waals surface area contributed by atoms with Crippen molar-refractivity contribution in [3.8, 4) is 5.75 Å². The van der Waals surface area contributed by atoms with E-state index in [4.69, 9.17) is 4.74 Å². The van der Waals surface area contributed by atoms with Crippen molar-refractivity contribution in [1.82, 2.24) is 4.98 Å². The number of aromatic nitrogens is 1. The van der Waals surface area contributed by atoms with Crippen LogP contribution in [0.15, 0.2) is 67.0 Å². The van der Waals surface area contributed by atoms with Crippen LogP contribution in [0.5, 0.6) is 5.75 Å². The van der Waals surface area contributed by atoms with Gasteiger partial charge in [-0.3, -0.25) is 9.78 Å². The Morgan fingerprint density at radius 3 is 2.32 bits per heavy atom. The molecule has 0 bridgehead atoms. The minimum absolute atomic E-state index is 0.0374. The van der Waals surface area contributed by atoms with E-state index in [1.807, 2.05) is 54.9 Å². The number of benzene rings is 2. The van der Waals surface area contributed by atoms with Crippen molar-refractivity contribution in [2.24, 2.45) is 0 Å². The number of ether oxygens (including phenoxy) is 1. The van der Waals surface area contributed by atoms with Crippen LogP contribution >= 0.6 is 0 Å². The maximum absolute atomic E-state index is 12.2. The highest BCUT2D eigenvalue weighted by Crippen LogP contribution is 2.16.